The van der Waals surface area contributed by atoms with Gasteiger partial charge in [-0.3, -0.25) is 9.59 Å². The molecule has 0 fully saturated rings. The number of carbonyl (C=O) groups is 2. The number of likely N-dealkylation sites (N-methyl/N-ethyl adjacent to an activating group) is 1. The molecule has 0 unspecified atom stereocenters. The minimum atomic E-state index is -0.194. The summed E-state index contributed by atoms with van der Waals surface area (Å²) in [6.07, 6.45) is 0. The highest BCUT2D eigenvalue weighted by Gasteiger charge is 2.17. The Labute approximate surface area is 165 Å². The van der Waals surface area contributed by atoms with Crippen molar-refractivity contribution in [1.82, 2.24) is 10.2 Å². The standard InChI is InChI=1S/C21H28N2O3S/c1-5-23(13-20(24)22-12-17-7-6-10-27-17)21(25)14-26-19-11-16(4)8-9-18(19)15(2)3/h6-11,15H,5,12-14H2,1-4H3,(H,22,24). The molecule has 2 aromatic rings. The Balaban J connectivity index is 1.89. The zero-order valence-corrected chi connectivity index (χ0v) is 17.3. The highest BCUT2D eigenvalue weighted by molar-refractivity contribution is 7.09. The number of benzene rings is 1. The Kier molecular flexibility index (Phi) is 7.85. The van der Waals surface area contributed by atoms with Crippen LogP contribution in [0.15, 0.2) is 35.7 Å². The lowest BCUT2D eigenvalue weighted by Gasteiger charge is -2.21. The van der Waals surface area contributed by atoms with E-state index in [9.17, 15) is 9.59 Å². The van der Waals surface area contributed by atoms with Crippen LogP contribution in [-0.4, -0.2) is 36.4 Å². The molecule has 146 valence electrons. The van der Waals surface area contributed by atoms with Crippen molar-refractivity contribution < 1.29 is 14.3 Å². The number of nitrogens with one attached hydrogen (secondary N) is 1. The molecular weight excluding hydrogens is 360 g/mol. The zero-order valence-electron chi connectivity index (χ0n) is 16.5. The van der Waals surface area contributed by atoms with Gasteiger partial charge in [-0.1, -0.05) is 32.0 Å². The van der Waals surface area contributed by atoms with Crippen LogP contribution in [-0.2, 0) is 16.1 Å². The number of amides is 2. The molecule has 27 heavy (non-hydrogen) atoms. The van der Waals surface area contributed by atoms with Crippen molar-refractivity contribution in [3.63, 3.8) is 0 Å². The van der Waals surface area contributed by atoms with Crippen LogP contribution in [0.4, 0.5) is 0 Å². The SMILES string of the molecule is CCN(CC(=O)NCc1cccs1)C(=O)COc1cc(C)ccc1C(C)C. The van der Waals surface area contributed by atoms with E-state index in [0.717, 1.165) is 21.8 Å². The molecule has 6 heteroatoms. The number of hydrogen-bond acceptors (Lipinski definition) is 4. The zero-order chi connectivity index (χ0) is 19.8. The first-order valence-electron chi connectivity index (χ1n) is 9.21. The summed E-state index contributed by atoms with van der Waals surface area (Å²) in [4.78, 5) is 27.2. The molecule has 1 aromatic heterocycles. The van der Waals surface area contributed by atoms with Gasteiger partial charge in [-0.05, 0) is 48.4 Å². The second kappa shape index (κ2) is 10.1. The third-order valence-corrected chi connectivity index (χ3v) is 5.13. The number of nitrogens with zero attached hydrogens (tertiary/aromatic N) is 1. The molecule has 2 amide bonds. The lowest BCUT2D eigenvalue weighted by molar-refractivity contribution is -0.137. The molecule has 0 radical (unpaired) electrons. The minimum Gasteiger partial charge on any atom is -0.483 e. The van der Waals surface area contributed by atoms with Gasteiger partial charge in [0.15, 0.2) is 6.61 Å². The predicted octanol–water partition coefficient (Wildman–Crippen LogP) is 3.72. The second-order valence-electron chi connectivity index (χ2n) is 6.75. The Morgan fingerprint density at radius 3 is 2.67 bits per heavy atom. The maximum atomic E-state index is 12.5. The summed E-state index contributed by atoms with van der Waals surface area (Å²) >= 11 is 1.59. The van der Waals surface area contributed by atoms with E-state index in [2.05, 4.69) is 19.2 Å². The molecule has 0 bridgehead atoms. The molecule has 1 heterocycles. The molecule has 0 aliphatic rings. The van der Waals surface area contributed by atoms with Crippen LogP contribution in [0.2, 0.25) is 0 Å². The fourth-order valence-electron chi connectivity index (χ4n) is 2.68. The number of aryl methyl sites for hydroxylation is 1. The van der Waals surface area contributed by atoms with Gasteiger partial charge in [0, 0.05) is 11.4 Å². The fourth-order valence-corrected chi connectivity index (χ4v) is 3.32. The molecule has 1 N–H and O–H groups in total. The number of thiophene rings is 1. The van der Waals surface area contributed by atoms with Crippen LogP contribution >= 0.6 is 11.3 Å². The Morgan fingerprint density at radius 1 is 1.26 bits per heavy atom. The molecule has 2 rings (SSSR count). The van der Waals surface area contributed by atoms with Gasteiger partial charge in [-0.15, -0.1) is 11.3 Å². The fraction of sp³-hybridized carbons (Fsp3) is 0.429. The predicted molar refractivity (Wildman–Crippen MR) is 109 cm³/mol. The maximum absolute atomic E-state index is 12.5. The van der Waals surface area contributed by atoms with Crippen molar-refractivity contribution in [3.05, 3.63) is 51.7 Å². The smallest absolute Gasteiger partial charge is 0.260 e. The molecular formula is C21H28N2O3S. The first kappa shape index (κ1) is 21.0. The highest BCUT2D eigenvalue weighted by Crippen LogP contribution is 2.27. The van der Waals surface area contributed by atoms with Gasteiger partial charge in [0.05, 0.1) is 13.1 Å². The number of carbonyl (C=O) groups excluding carboxylic acids is 2. The molecule has 0 atom stereocenters. The van der Waals surface area contributed by atoms with Crippen LogP contribution in [0.1, 0.15) is 42.7 Å². The molecule has 5 nitrogen and oxygen atoms in total. The summed E-state index contributed by atoms with van der Waals surface area (Å²) in [5.74, 6) is 0.676. The van der Waals surface area contributed by atoms with Gasteiger partial charge in [-0.2, -0.15) is 0 Å². The van der Waals surface area contributed by atoms with Gasteiger partial charge in [0.2, 0.25) is 5.91 Å². The quantitative estimate of drug-likeness (QED) is 0.712. The molecule has 1 aromatic carbocycles. The van der Waals surface area contributed by atoms with E-state index < -0.39 is 0 Å². The van der Waals surface area contributed by atoms with E-state index in [0.29, 0.717) is 19.0 Å². The normalized spacial score (nSPS) is 10.7. The Hall–Kier alpha value is -2.34. The van der Waals surface area contributed by atoms with Crippen LogP contribution in [0.3, 0.4) is 0 Å². The van der Waals surface area contributed by atoms with Crippen molar-refractivity contribution in [3.8, 4) is 5.75 Å². The maximum Gasteiger partial charge on any atom is 0.260 e. The van der Waals surface area contributed by atoms with Gasteiger partial charge >= 0.3 is 0 Å². The third-order valence-electron chi connectivity index (χ3n) is 4.25. The van der Waals surface area contributed by atoms with Crippen LogP contribution in [0.5, 0.6) is 5.75 Å². The van der Waals surface area contributed by atoms with E-state index in [4.69, 9.17) is 4.74 Å². The van der Waals surface area contributed by atoms with E-state index in [1.807, 2.05) is 49.6 Å². The molecule has 0 saturated heterocycles. The molecule has 0 saturated carbocycles. The van der Waals surface area contributed by atoms with Gasteiger partial charge in [-0.25, -0.2) is 0 Å². The van der Waals surface area contributed by atoms with Gasteiger partial charge < -0.3 is 15.0 Å². The summed E-state index contributed by atoms with van der Waals surface area (Å²) in [5.41, 5.74) is 2.16. The average molecular weight is 389 g/mol. The lowest BCUT2D eigenvalue weighted by atomic mass is 10.0. The Bertz CT molecular complexity index is 757. The van der Waals surface area contributed by atoms with Crippen molar-refractivity contribution >= 4 is 23.2 Å². The number of hydrogen-bond donors (Lipinski definition) is 1. The first-order chi connectivity index (χ1) is 12.9. The topological polar surface area (TPSA) is 58.6 Å². The van der Waals surface area contributed by atoms with Crippen molar-refractivity contribution in [2.24, 2.45) is 0 Å². The van der Waals surface area contributed by atoms with E-state index in [-0.39, 0.29) is 25.0 Å². The monoisotopic (exact) mass is 388 g/mol. The lowest BCUT2D eigenvalue weighted by Crippen LogP contribution is -2.42. The largest absolute Gasteiger partial charge is 0.483 e. The van der Waals surface area contributed by atoms with E-state index in [1.54, 1.807) is 11.3 Å². The van der Waals surface area contributed by atoms with Gasteiger partial charge in [0.1, 0.15) is 5.75 Å². The molecule has 0 aliphatic carbocycles. The van der Waals surface area contributed by atoms with Crippen molar-refractivity contribution in [2.75, 3.05) is 19.7 Å². The van der Waals surface area contributed by atoms with Crippen molar-refractivity contribution in [1.29, 1.82) is 0 Å². The van der Waals surface area contributed by atoms with Crippen LogP contribution < -0.4 is 10.1 Å². The van der Waals surface area contributed by atoms with Crippen LogP contribution in [0, 0.1) is 6.92 Å². The summed E-state index contributed by atoms with van der Waals surface area (Å²) in [7, 11) is 0. The average Bonchev–Trinajstić information content (AvgIpc) is 3.15. The van der Waals surface area contributed by atoms with E-state index in [1.165, 1.54) is 4.90 Å². The van der Waals surface area contributed by atoms with Crippen LogP contribution in [0.25, 0.3) is 0 Å². The summed E-state index contributed by atoms with van der Waals surface area (Å²) in [6, 6.07) is 9.94. The highest BCUT2D eigenvalue weighted by atomic mass is 32.1. The summed E-state index contributed by atoms with van der Waals surface area (Å²) in [6.45, 7) is 8.94. The van der Waals surface area contributed by atoms with Gasteiger partial charge in [0.25, 0.3) is 5.91 Å². The number of ether oxygens (including phenoxy) is 1. The summed E-state index contributed by atoms with van der Waals surface area (Å²) in [5, 5.41) is 4.82. The molecule has 0 aliphatic heterocycles. The van der Waals surface area contributed by atoms with E-state index >= 15 is 0 Å². The molecule has 0 spiro atoms. The minimum absolute atomic E-state index is 0.0366. The third kappa shape index (κ3) is 6.40. The second-order valence-corrected chi connectivity index (χ2v) is 7.78. The Morgan fingerprint density at radius 2 is 2.04 bits per heavy atom. The summed E-state index contributed by atoms with van der Waals surface area (Å²) < 4.78 is 5.80. The first-order valence-corrected chi connectivity index (χ1v) is 10.1. The van der Waals surface area contributed by atoms with Crippen molar-refractivity contribution in [2.45, 2.75) is 40.2 Å². The number of rotatable bonds is 9.